The van der Waals surface area contributed by atoms with Crippen molar-refractivity contribution in [3.63, 3.8) is 0 Å². The molecule has 2 aromatic carbocycles. The number of carbonyl (C=O) groups excluding carboxylic acids is 3. The van der Waals surface area contributed by atoms with Crippen molar-refractivity contribution in [1.82, 2.24) is 5.01 Å². The second kappa shape index (κ2) is 14.3. The molecular formula is C26H22ClF10N3O5. The van der Waals surface area contributed by atoms with Gasteiger partial charge in [-0.15, -0.1) is 0 Å². The Morgan fingerprint density at radius 2 is 1.47 bits per heavy atom. The van der Waals surface area contributed by atoms with Gasteiger partial charge in [0, 0.05) is 24.1 Å². The van der Waals surface area contributed by atoms with E-state index in [4.69, 9.17) is 9.47 Å². The topological polar surface area (TPSA) is 97.3 Å². The van der Waals surface area contributed by atoms with Crippen LogP contribution in [0.2, 0.25) is 0 Å². The minimum absolute atomic E-state index is 0.0315. The zero-order valence-electron chi connectivity index (χ0n) is 23.0. The van der Waals surface area contributed by atoms with Crippen LogP contribution in [0.15, 0.2) is 47.6 Å². The van der Waals surface area contributed by atoms with E-state index in [1.807, 2.05) is 6.92 Å². The SMILES string of the molecule is CCOc1cc(C2=NN(Cc3ccc(NC(=O)C(F)(F)C(F)(F)F)cc3)C(=O)CC2)ccc1OC.O=C(Cl)C(F)(F)C(F)(F)F. The van der Waals surface area contributed by atoms with Crippen LogP contribution in [-0.4, -0.2) is 65.7 Å². The Bertz CT molecular complexity index is 1410. The molecule has 1 N–H and O–H groups in total. The van der Waals surface area contributed by atoms with E-state index in [1.165, 1.54) is 24.3 Å². The molecule has 0 saturated heterocycles. The highest BCUT2D eigenvalue weighted by Crippen LogP contribution is 2.37. The molecule has 0 fully saturated rings. The van der Waals surface area contributed by atoms with Gasteiger partial charge in [0.2, 0.25) is 5.91 Å². The summed E-state index contributed by atoms with van der Waals surface area (Å²) in [5.74, 6) is -12.6. The van der Waals surface area contributed by atoms with Crippen molar-refractivity contribution in [1.29, 1.82) is 0 Å². The fraction of sp³-hybridized carbons (Fsp3) is 0.385. The summed E-state index contributed by atoms with van der Waals surface area (Å²) in [6.45, 7) is 2.30. The van der Waals surface area contributed by atoms with Gasteiger partial charge in [-0.3, -0.25) is 14.4 Å². The number of hydrogen-bond acceptors (Lipinski definition) is 6. The van der Waals surface area contributed by atoms with Crippen LogP contribution in [0.4, 0.5) is 49.6 Å². The van der Waals surface area contributed by atoms with E-state index < -0.39 is 35.3 Å². The number of ether oxygens (including phenoxy) is 2. The number of methoxy groups -OCH3 is 1. The molecule has 0 saturated carbocycles. The van der Waals surface area contributed by atoms with E-state index in [-0.39, 0.29) is 24.6 Å². The van der Waals surface area contributed by atoms with Gasteiger partial charge in [0.15, 0.2) is 11.5 Å². The molecule has 2 aromatic rings. The Kier molecular flexibility index (Phi) is 11.8. The summed E-state index contributed by atoms with van der Waals surface area (Å²) in [5, 5.41) is 4.49. The minimum Gasteiger partial charge on any atom is -0.493 e. The summed E-state index contributed by atoms with van der Waals surface area (Å²) < 4.78 is 130. The van der Waals surface area contributed by atoms with E-state index >= 15 is 0 Å². The summed E-state index contributed by atoms with van der Waals surface area (Å²) >= 11 is 3.95. The summed E-state index contributed by atoms with van der Waals surface area (Å²) in [4.78, 5) is 33.1. The van der Waals surface area contributed by atoms with E-state index in [2.05, 4.69) is 16.7 Å². The van der Waals surface area contributed by atoms with Gasteiger partial charge in [-0.1, -0.05) is 12.1 Å². The Morgan fingerprint density at radius 3 is 1.93 bits per heavy atom. The Labute approximate surface area is 252 Å². The standard InChI is InChI=1S/C23H22F5N3O4.C3ClF5O/c1-3-35-19-12-15(6-10-18(19)34-2)17-9-11-20(32)31(30-17)13-14-4-7-16(8-5-14)29-21(33)22(24,25)23(26,27)28;4-1(10)2(5,6)3(7,8)9/h4-8,10,12H,3,9,11,13H2,1-2H3,(H,29,33);. The predicted octanol–water partition coefficient (Wildman–Crippen LogP) is 6.71. The zero-order chi connectivity index (χ0) is 34.4. The molecule has 0 aromatic heterocycles. The van der Waals surface area contributed by atoms with Crippen molar-refractivity contribution in [2.45, 2.75) is 50.5 Å². The van der Waals surface area contributed by atoms with Gasteiger partial charge in [0.05, 0.1) is 26.0 Å². The number of anilines is 1. The lowest BCUT2D eigenvalue weighted by atomic mass is 10.0. The predicted molar refractivity (Wildman–Crippen MR) is 138 cm³/mol. The molecule has 3 rings (SSSR count). The molecule has 0 radical (unpaired) electrons. The number of amides is 2. The van der Waals surface area contributed by atoms with E-state index in [0.717, 1.165) is 17.7 Å². The Morgan fingerprint density at radius 1 is 0.889 bits per heavy atom. The average Bonchev–Trinajstić information content (AvgIpc) is 2.94. The fourth-order valence-corrected chi connectivity index (χ4v) is 3.48. The minimum atomic E-state index is -6.01. The molecular weight excluding hydrogens is 660 g/mol. The van der Waals surface area contributed by atoms with Crippen LogP contribution in [0.25, 0.3) is 0 Å². The molecule has 0 bridgehead atoms. The molecule has 0 spiro atoms. The van der Waals surface area contributed by atoms with Crippen LogP contribution in [0.1, 0.15) is 30.9 Å². The van der Waals surface area contributed by atoms with Crippen molar-refractivity contribution in [3.05, 3.63) is 53.6 Å². The Hall–Kier alpha value is -4.09. The molecule has 0 unspecified atom stereocenters. The number of hydrogen-bond donors (Lipinski definition) is 1. The number of halogens is 11. The first kappa shape index (κ1) is 37.1. The summed E-state index contributed by atoms with van der Waals surface area (Å²) in [5.41, 5.74) is 1.66. The van der Waals surface area contributed by atoms with Gasteiger partial charge in [0.1, 0.15) is 0 Å². The first-order chi connectivity index (χ1) is 20.6. The van der Waals surface area contributed by atoms with Gasteiger partial charge in [-0.2, -0.15) is 49.0 Å². The molecule has 0 atom stereocenters. The summed E-state index contributed by atoms with van der Waals surface area (Å²) in [6.07, 6.45) is -11.3. The van der Waals surface area contributed by atoms with Crippen LogP contribution in [-0.2, 0) is 20.9 Å². The fourth-order valence-electron chi connectivity index (χ4n) is 3.37. The monoisotopic (exact) mass is 681 g/mol. The number of alkyl halides is 10. The number of nitrogens with zero attached hydrogens (tertiary/aromatic N) is 2. The van der Waals surface area contributed by atoms with Crippen LogP contribution < -0.4 is 14.8 Å². The van der Waals surface area contributed by atoms with Crippen molar-refractivity contribution in [2.24, 2.45) is 5.10 Å². The second-order valence-corrected chi connectivity index (χ2v) is 9.21. The number of carbonyl (C=O) groups is 3. The van der Waals surface area contributed by atoms with Crippen molar-refractivity contribution >= 4 is 40.1 Å². The highest BCUT2D eigenvalue weighted by atomic mass is 35.5. The van der Waals surface area contributed by atoms with Crippen LogP contribution in [0.5, 0.6) is 11.5 Å². The number of nitrogens with one attached hydrogen (secondary N) is 1. The van der Waals surface area contributed by atoms with Crippen LogP contribution >= 0.6 is 11.6 Å². The molecule has 1 aliphatic heterocycles. The van der Waals surface area contributed by atoms with E-state index in [1.54, 1.807) is 23.5 Å². The second-order valence-electron chi connectivity index (χ2n) is 8.87. The van der Waals surface area contributed by atoms with Crippen molar-refractivity contribution in [2.75, 3.05) is 19.0 Å². The van der Waals surface area contributed by atoms with Crippen LogP contribution in [0.3, 0.4) is 0 Å². The third-order valence-electron chi connectivity index (χ3n) is 5.69. The molecule has 8 nitrogen and oxygen atoms in total. The number of rotatable bonds is 9. The molecule has 0 aliphatic carbocycles. The van der Waals surface area contributed by atoms with Gasteiger partial charge in [-0.25, -0.2) is 5.01 Å². The normalized spacial score (nSPS) is 14.2. The average molecular weight is 682 g/mol. The molecule has 248 valence electrons. The molecule has 19 heteroatoms. The van der Waals surface area contributed by atoms with Crippen molar-refractivity contribution in [3.8, 4) is 11.5 Å². The smallest absolute Gasteiger partial charge is 0.463 e. The highest BCUT2D eigenvalue weighted by Gasteiger charge is 2.64. The lowest BCUT2D eigenvalue weighted by Crippen LogP contribution is -2.47. The maximum absolute atomic E-state index is 13.1. The number of hydrazone groups is 1. The van der Waals surface area contributed by atoms with E-state index in [9.17, 15) is 58.3 Å². The quantitative estimate of drug-likeness (QED) is 0.235. The maximum Gasteiger partial charge on any atom is 0.463 e. The summed E-state index contributed by atoms with van der Waals surface area (Å²) in [6, 6.07) is 10.4. The highest BCUT2D eigenvalue weighted by molar-refractivity contribution is 6.65. The lowest BCUT2D eigenvalue weighted by Gasteiger charge is -2.24. The molecule has 1 heterocycles. The zero-order valence-corrected chi connectivity index (χ0v) is 23.7. The third kappa shape index (κ3) is 9.21. The van der Waals surface area contributed by atoms with Crippen LogP contribution in [0, 0.1) is 0 Å². The molecule has 1 aliphatic rings. The van der Waals surface area contributed by atoms with Gasteiger partial charge < -0.3 is 14.8 Å². The van der Waals surface area contributed by atoms with Gasteiger partial charge in [-0.05, 0) is 54.4 Å². The van der Waals surface area contributed by atoms with Gasteiger partial charge in [0.25, 0.3) is 0 Å². The van der Waals surface area contributed by atoms with Gasteiger partial charge >= 0.3 is 35.3 Å². The Balaban J connectivity index is 0.000000607. The first-order valence-electron chi connectivity index (χ1n) is 12.3. The molecule has 2 amide bonds. The maximum atomic E-state index is 13.1. The molecule has 45 heavy (non-hydrogen) atoms. The first-order valence-corrected chi connectivity index (χ1v) is 12.7. The van der Waals surface area contributed by atoms with Crippen molar-refractivity contribution < 1.29 is 67.8 Å². The third-order valence-corrected chi connectivity index (χ3v) is 5.93. The number of benzene rings is 2. The largest absolute Gasteiger partial charge is 0.493 e. The summed E-state index contributed by atoms with van der Waals surface area (Å²) in [7, 11) is 1.52. The lowest BCUT2D eigenvalue weighted by molar-refractivity contribution is -0.267. The van der Waals surface area contributed by atoms with E-state index in [0.29, 0.717) is 35.8 Å².